The zero-order valence-electron chi connectivity index (χ0n) is 9.56. The second-order valence-electron chi connectivity index (χ2n) is 4.00. The molecule has 4 nitrogen and oxygen atoms in total. The van der Waals surface area contributed by atoms with Crippen LogP contribution in [-0.2, 0) is 16.0 Å². The van der Waals surface area contributed by atoms with Gasteiger partial charge >= 0.3 is 0 Å². The van der Waals surface area contributed by atoms with Gasteiger partial charge < -0.3 is 10.2 Å². The van der Waals surface area contributed by atoms with Gasteiger partial charge in [-0.15, -0.1) is 0 Å². The molecule has 1 aromatic carbocycles. The topological polar surface area (TPSA) is 49.4 Å². The maximum absolute atomic E-state index is 11.5. The van der Waals surface area contributed by atoms with Gasteiger partial charge in [-0.1, -0.05) is 0 Å². The maximum Gasteiger partial charge on any atom is 0.234 e. The van der Waals surface area contributed by atoms with E-state index in [1.165, 1.54) is 0 Å². The molecule has 0 saturated heterocycles. The largest absolute Gasteiger partial charge is 0.325 e. The highest BCUT2D eigenvalue weighted by Crippen LogP contribution is 2.29. The molecule has 0 unspecified atom stereocenters. The van der Waals surface area contributed by atoms with E-state index in [9.17, 15) is 9.59 Å². The number of anilines is 2. The summed E-state index contributed by atoms with van der Waals surface area (Å²) in [5, 5.41) is 2.75. The van der Waals surface area contributed by atoms with Crippen molar-refractivity contribution in [2.45, 2.75) is 12.8 Å². The van der Waals surface area contributed by atoms with Gasteiger partial charge in [-0.3, -0.25) is 9.59 Å². The Morgan fingerprint density at radius 1 is 1.47 bits per heavy atom. The van der Waals surface area contributed by atoms with Gasteiger partial charge in [0, 0.05) is 24.8 Å². The van der Waals surface area contributed by atoms with Crippen molar-refractivity contribution in [1.29, 1.82) is 0 Å². The summed E-state index contributed by atoms with van der Waals surface area (Å²) >= 11 is 3.91. The zero-order valence-corrected chi connectivity index (χ0v) is 10.5. The molecule has 1 aliphatic heterocycles. The van der Waals surface area contributed by atoms with E-state index in [0.717, 1.165) is 23.4 Å². The summed E-state index contributed by atoms with van der Waals surface area (Å²) in [5.41, 5.74) is 2.76. The molecule has 0 saturated carbocycles. The van der Waals surface area contributed by atoms with Gasteiger partial charge in [-0.05, 0) is 30.2 Å². The Kier molecular flexibility index (Phi) is 3.38. The van der Waals surface area contributed by atoms with Gasteiger partial charge in [0.1, 0.15) is 0 Å². The van der Waals surface area contributed by atoms with E-state index in [1.54, 1.807) is 18.0 Å². The first-order valence-corrected chi connectivity index (χ1v) is 6.05. The number of aryl methyl sites for hydroxylation is 1. The van der Waals surface area contributed by atoms with Crippen molar-refractivity contribution in [2.75, 3.05) is 23.0 Å². The van der Waals surface area contributed by atoms with Crippen LogP contribution < -0.4 is 10.2 Å². The average molecular weight is 250 g/mol. The number of fused-ring (bicyclic) bond motifs is 1. The molecular formula is C12H14N2O2S. The minimum atomic E-state index is -0.131. The average Bonchev–Trinajstić information content (AvgIpc) is 2.34. The Hall–Kier alpha value is -1.49. The highest BCUT2D eigenvalue weighted by atomic mass is 32.1. The third-order valence-electron chi connectivity index (χ3n) is 2.85. The fourth-order valence-electron chi connectivity index (χ4n) is 1.93. The van der Waals surface area contributed by atoms with Crippen LogP contribution in [0.1, 0.15) is 12.0 Å². The van der Waals surface area contributed by atoms with Crippen molar-refractivity contribution in [3.63, 3.8) is 0 Å². The number of amides is 2. The highest BCUT2D eigenvalue weighted by molar-refractivity contribution is 7.81. The van der Waals surface area contributed by atoms with Crippen LogP contribution >= 0.6 is 12.6 Å². The number of benzene rings is 1. The van der Waals surface area contributed by atoms with Crippen molar-refractivity contribution in [2.24, 2.45) is 0 Å². The van der Waals surface area contributed by atoms with Gasteiger partial charge in [-0.2, -0.15) is 12.6 Å². The molecule has 0 aromatic heterocycles. The van der Waals surface area contributed by atoms with Crippen molar-refractivity contribution in [1.82, 2.24) is 0 Å². The van der Waals surface area contributed by atoms with Gasteiger partial charge in [0.25, 0.3) is 0 Å². The van der Waals surface area contributed by atoms with Gasteiger partial charge in [0.2, 0.25) is 11.8 Å². The lowest BCUT2D eigenvalue weighted by Gasteiger charge is -2.26. The second-order valence-corrected chi connectivity index (χ2v) is 4.32. The smallest absolute Gasteiger partial charge is 0.234 e. The summed E-state index contributed by atoms with van der Waals surface area (Å²) in [6.07, 6.45) is 1.25. The van der Waals surface area contributed by atoms with Crippen molar-refractivity contribution < 1.29 is 9.59 Å². The first kappa shape index (κ1) is 12.0. The van der Waals surface area contributed by atoms with Crippen LogP contribution in [0.25, 0.3) is 0 Å². The molecule has 2 amide bonds. The predicted molar refractivity (Wildman–Crippen MR) is 70.7 cm³/mol. The Morgan fingerprint density at radius 2 is 2.24 bits per heavy atom. The summed E-state index contributed by atoms with van der Waals surface area (Å²) in [7, 11) is 1.77. The Bertz CT molecular complexity index is 474. The van der Waals surface area contributed by atoms with Crippen LogP contribution in [-0.4, -0.2) is 24.6 Å². The van der Waals surface area contributed by atoms with Gasteiger partial charge in [0.15, 0.2) is 0 Å². The molecule has 1 N–H and O–H groups in total. The molecule has 1 aliphatic rings. The van der Waals surface area contributed by atoms with E-state index in [1.807, 2.05) is 12.1 Å². The highest BCUT2D eigenvalue weighted by Gasteiger charge is 2.20. The molecule has 1 heterocycles. The number of carbonyl (C=O) groups is 2. The van der Waals surface area contributed by atoms with Crippen molar-refractivity contribution in [3.8, 4) is 0 Å². The molecule has 1 aromatic rings. The Labute approximate surface area is 105 Å². The maximum atomic E-state index is 11.5. The van der Waals surface area contributed by atoms with E-state index in [0.29, 0.717) is 6.42 Å². The number of rotatable bonds is 2. The lowest BCUT2D eigenvalue weighted by molar-refractivity contribution is -0.118. The molecule has 5 heteroatoms. The molecule has 17 heavy (non-hydrogen) atoms. The normalized spacial score (nSPS) is 14.5. The van der Waals surface area contributed by atoms with Gasteiger partial charge in [0.05, 0.1) is 5.75 Å². The molecule has 0 radical (unpaired) electrons. The fourth-order valence-corrected chi connectivity index (χ4v) is 2.01. The van der Waals surface area contributed by atoms with Crippen molar-refractivity contribution in [3.05, 3.63) is 23.8 Å². The first-order valence-electron chi connectivity index (χ1n) is 5.42. The molecule has 0 bridgehead atoms. The Morgan fingerprint density at radius 3 is 2.94 bits per heavy atom. The predicted octanol–water partition coefficient (Wildman–Crippen LogP) is 1.46. The van der Waals surface area contributed by atoms with Crippen LogP contribution in [0.15, 0.2) is 18.2 Å². The van der Waals surface area contributed by atoms with Crippen LogP contribution in [0.2, 0.25) is 0 Å². The van der Waals surface area contributed by atoms with Crippen LogP contribution in [0.4, 0.5) is 11.4 Å². The standard InChI is InChI=1S/C12H14N2O2S/c1-14-10-4-3-9(13-11(15)7-17)6-8(10)2-5-12(14)16/h3-4,6,17H,2,5,7H2,1H3,(H,13,15). The number of thiol groups is 1. The molecule has 0 fully saturated rings. The van der Waals surface area contributed by atoms with E-state index in [-0.39, 0.29) is 17.6 Å². The summed E-state index contributed by atoms with van der Waals surface area (Å²) in [5.74, 6) is 0.160. The molecule has 0 spiro atoms. The van der Waals surface area contributed by atoms with Gasteiger partial charge in [-0.25, -0.2) is 0 Å². The fraction of sp³-hybridized carbons (Fsp3) is 0.333. The number of nitrogens with zero attached hydrogens (tertiary/aromatic N) is 1. The van der Waals surface area contributed by atoms with E-state index in [2.05, 4.69) is 17.9 Å². The third-order valence-corrected chi connectivity index (χ3v) is 3.14. The lowest BCUT2D eigenvalue weighted by atomic mass is 10.0. The summed E-state index contributed by atoms with van der Waals surface area (Å²) < 4.78 is 0. The SMILES string of the molecule is CN1C(=O)CCc2cc(NC(=O)CS)ccc21. The second kappa shape index (κ2) is 4.79. The number of hydrogen-bond acceptors (Lipinski definition) is 3. The molecule has 90 valence electrons. The number of hydrogen-bond donors (Lipinski definition) is 2. The molecule has 0 atom stereocenters. The molecular weight excluding hydrogens is 236 g/mol. The summed E-state index contributed by atoms with van der Waals surface area (Å²) in [4.78, 5) is 24.4. The van der Waals surface area contributed by atoms with Crippen LogP contribution in [0.5, 0.6) is 0 Å². The zero-order chi connectivity index (χ0) is 12.4. The summed E-state index contributed by atoms with van der Waals surface area (Å²) in [6, 6.07) is 5.58. The minimum absolute atomic E-state index is 0.129. The molecule has 2 rings (SSSR count). The third kappa shape index (κ3) is 2.44. The van der Waals surface area contributed by atoms with Crippen molar-refractivity contribution >= 4 is 35.8 Å². The van der Waals surface area contributed by atoms with E-state index in [4.69, 9.17) is 0 Å². The monoisotopic (exact) mass is 250 g/mol. The van der Waals surface area contributed by atoms with E-state index >= 15 is 0 Å². The quantitative estimate of drug-likeness (QED) is 0.781. The first-order chi connectivity index (χ1) is 8.11. The van der Waals surface area contributed by atoms with Crippen LogP contribution in [0.3, 0.4) is 0 Å². The Balaban J connectivity index is 2.26. The van der Waals surface area contributed by atoms with Crippen LogP contribution in [0, 0.1) is 0 Å². The lowest BCUT2D eigenvalue weighted by Crippen LogP contribution is -2.31. The number of carbonyl (C=O) groups excluding carboxylic acids is 2. The number of nitrogens with one attached hydrogen (secondary N) is 1. The summed E-state index contributed by atoms with van der Waals surface area (Å²) in [6.45, 7) is 0. The van der Waals surface area contributed by atoms with E-state index < -0.39 is 0 Å². The molecule has 0 aliphatic carbocycles. The minimum Gasteiger partial charge on any atom is -0.325 e.